The third-order valence-corrected chi connectivity index (χ3v) is 5.13. The first-order valence-corrected chi connectivity index (χ1v) is 9.30. The molecule has 10 nitrogen and oxygen atoms in total. The zero-order valence-electron chi connectivity index (χ0n) is 17.0. The molecule has 0 aliphatic rings. The fraction of sp³-hybridized carbons (Fsp3) is 0.0909. The third-order valence-electron chi connectivity index (χ3n) is 5.13. The summed E-state index contributed by atoms with van der Waals surface area (Å²) in [4.78, 5) is 27.8. The van der Waals surface area contributed by atoms with Gasteiger partial charge in [0.1, 0.15) is 0 Å². The van der Waals surface area contributed by atoms with E-state index in [1.54, 1.807) is 0 Å². The van der Waals surface area contributed by atoms with E-state index in [-0.39, 0.29) is 0 Å². The van der Waals surface area contributed by atoms with Gasteiger partial charge in [-0.2, -0.15) is 0 Å². The van der Waals surface area contributed by atoms with Crippen LogP contribution in [-0.4, -0.2) is 19.9 Å². The Morgan fingerprint density at radius 2 is 0.938 bits per heavy atom. The quantitative estimate of drug-likeness (QED) is 0.245. The lowest BCUT2D eigenvalue weighted by Crippen LogP contribution is -1.97. The Morgan fingerprint density at radius 1 is 0.625 bits per heavy atom. The number of benzene rings is 4. The van der Waals surface area contributed by atoms with Crippen LogP contribution in [0.1, 0.15) is 11.1 Å². The predicted molar refractivity (Wildman–Crippen MR) is 119 cm³/mol. The fourth-order valence-corrected chi connectivity index (χ4v) is 3.54. The van der Waals surface area contributed by atoms with Gasteiger partial charge in [0.15, 0.2) is 0 Å². The lowest BCUT2D eigenvalue weighted by Gasteiger charge is -2.11. The molecule has 0 aliphatic carbocycles. The molecule has 4 aromatic rings. The average molecular weight is 435 g/mol. The molecule has 0 heterocycles. The van der Waals surface area contributed by atoms with Crippen LogP contribution in [0.3, 0.4) is 0 Å². The fourth-order valence-electron chi connectivity index (χ4n) is 3.54. The molecule has 0 radical (unpaired) electrons. The maximum atomic E-state index is 10.4. The summed E-state index contributed by atoms with van der Waals surface area (Å²) in [6.07, 6.45) is 0. The standard InChI is InChI=1S/C16H14.C6H3N3O7/c1-11-13-7-3-5-9-15(13)12(2)16-10-6-4-8-14(11)16;10-6-4(8(13)14)1-3(7(11)12)2-5(6)9(15)16/h3-10H,1-2H3;1-2,10H. The van der Waals surface area contributed by atoms with Crippen LogP contribution >= 0.6 is 0 Å². The van der Waals surface area contributed by atoms with E-state index in [0.29, 0.717) is 12.1 Å². The minimum atomic E-state index is -1.21. The zero-order chi connectivity index (χ0) is 23.6. The normalized spacial score (nSPS) is 10.4. The minimum Gasteiger partial charge on any atom is -0.497 e. The number of hydrogen-bond acceptors (Lipinski definition) is 7. The lowest BCUT2D eigenvalue weighted by molar-refractivity contribution is -0.404. The average Bonchev–Trinajstić information content (AvgIpc) is 2.77. The number of phenolic OH excluding ortho intramolecular Hbond substituents is 1. The molecule has 0 spiro atoms. The van der Waals surface area contributed by atoms with Crippen molar-refractivity contribution in [3.8, 4) is 5.75 Å². The van der Waals surface area contributed by atoms with Crippen LogP contribution < -0.4 is 0 Å². The number of non-ortho nitro benzene ring substituents is 1. The SMILES string of the molecule is Cc1c2ccccc2c(C)c2ccccc12.O=[N+]([O-])c1cc([N+](=O)[O-])c(O)c([N+](=O)[O-])c1. The Bertz CT molecular complexity index is 1250. The Labute approximate surface area is 180 Å². The molecule has 1 N–H and O–H groups in total. The van der Waals surface area contributed by atoms with E-state index in [9.17, 15) is 30.3 Å². The van der Waals surface area contributed by atoms with Crippen molar-refractivity contribution in [2.45, 2.75) is 13.8 Å². The molecule has 0 unspecified atom stereocenters. The van der Waals surface area contributed by atoms with Crippen LogP contribution in [0, 0.1) is 44.2 Å². The third kappa shape index (κ3) is 4.01. The summed E-state index contributed by atoms with van der Waals surface area (Å²) in [5, 5.41) is 45.7. The van der Waals surface area contributed by atoms with Crippen molar-refractivity contribution >= 4 is 38.6 Å². The number of nitrogens with zero attached hydrogens (tertiary/aromatic N) is 3. The van der Waals surface area contributed by atoms with Gasteiger partial charge in [0.05, 0.1) is 26.9 Å². The van der Waals surface area contributed by atoms with E-state index in [1.165, 1.54) is 32.7 Å². The molecule has 0 aromatic heterocycles. The summed E-state index contributed by atoms with van der Waals surface area (Å²) in [6.45, 7) is 4.42. The Hall–Kier alpha value is -4.60. The van der Waals surface area contributed by atoms with Crippen molar-refractivity contribution in [1.29, 1.82) is 0 Å². The molecule has 0 saturated carbocycles. The van der Waals surface area contributed by atoms with E-state index in [1.807, 2.05) is 0 Å². The zero-order valence-corrected chi connectivity index (χ0v) is 17.0. The largest absolute Gasteiger partial charge is 0.497 e. The summed E-state index contributed by atoms with van der Waals surface area (Å²) >= 11 is 0. The van der Waals surface area contributed by atoms with Gasteiger partial charge in [0.2, 0.25) is 0 Å². The van der Waals surface area contributed by atoms with Gasteiger partial charge in [0.25, 0.3) is 11.4 Å². The van der Waals surface area contributed by atoms with Gasteiger partial charge in [-0.3, -0.25) is 30.3 Å². The molecule has 0 atom stereocenters. The molecule has 0 amide bonds. The molecule has 4 aromatic carbocycles. The van der Waals surface area contributed by atoms with Crippen molar-refractivity contribution < 1.29 is 19.9 Å². The number of nitro benzene ring substituents is 3. The predicted octanol–water partition coefficient (Wildman–Crippen LogP) is 5.73. The summed E-state index contributed by atoms with van der Waals surface area (Å²) in [7, 11) is 0. The molecule has 162 valence electrons. The van der Waals surface area contributed by atoms with Crippen LogP contribution in [0.5, 0.6) is 5.75 Å². The first-order chi connectivity index (χ1) is 15.1. The second-order valence-corrected chi connectivity index (χ2v) is 6.95. The highest BCUT2D eigenvalue weighted by Gasteiger charge is 2.30. The molecule has 0 aliphatic heterocycles. The first kappa shape index (κ1) is 22.1. The van der Waals surface area contributed by atoms with Crippen LogP contribution in [0.2, 0.25) is 0 Å². The van der Waals surface area contributed by atoms with Crippen molar-refractivity contribution in [3.05, 3.63) is 102 Å². The summed E-state index contributed by atoms with van der Waals surface area (Å²) < 4.78 is 0. The topological polar surface area (TPSA) is 150 Å². The number of phenols is 1. The van der Waals surface area contributed by atoms with Crippen LogP contribution in [0.4, 0.5) is 17.1 Å². The van der Waals surface area contributed by atoms with Gasteiger partial charge in [-0.05, 0) is 46.5 Å². The van der Waals surface area contributed by atoms with Crippen molar-refractivity contribution in [1.82, 2.24) is 0 Å². The Kier molecular flexibility index (Phi) is 5.97. The van der Waals surface area contributed by atoms with Gasteiger partial charge in [-0.15, -0.1) is 0 Å². The van der Waals surface area contributed by atoms with Gasteiger partial charge in [-0.1, -0.05) is 48.5 Å². The van der Waals surface area contributed by atoms with E-state index >= 15 is 0 Å². The van der Waals surface area contributed by atoms with Crippen molar-refractivity contribution in [3.63, 3.8) is 0 Å². The van der Waals surface area contributed by atoms with Crippen LogP contribution in [-0.2, 0) is 0 Å². The maximum Gasteiger partial charge on any atom is 0.324 e. The number of aryl methyl sites for hydroxylation is 2. The molecule has 10 heteroatoms. The van der Waals surface area contributed by atoms with Crippen LogP contribution in [0.25, 0.3) is 21.5 Å². The molecular weight excluding hydrogens is 418 g/mol. The molecule has 0 fully saturated rings. The van der Waals surface area contributed by atoms with Crippen LogP contribution in [0.15, 0.2) is 60.7 Å². The van der Waals surface area contributed by atoms with Crippen molar-refractivity contribution in [2.75, 3.05) is 0 Å². The van der Waals surface area contributed by atoms with Crippen molar-refractivity contribution in [2.24, 2.45) is 0 Å². The summed E-state index contributed by atoms with van der Waals surface area (Å²) in [6, 6.07) is 18.2. The highest BCUT2D eigenvalue weighted by molar-refractivity contribution is 6.05. The number of aromatic hydroxyl groups is 1. The van der Waals surface area contributed by atoms with Gasteiger partial charge in [-0.25, -0.2) is 0 Å². The van der Waals surface area contributed by atoms with Gasteiger partial charge in [0, 0.05) is 0 Å². The molecule has 0 saturated heterocycles. The molecule has 32 heavy (non-hydrogen) atoms. The molecular formula is C22H17N3O7. The van der Waals surface area contributed by atoms with Gasteiger partial charge < -0.3 is 5.11 Å². The second-order valence-electron chi connectivity index (χ2n) is 6.95. The molecule has 4 rings (SSSR count). The van der Waals surface area contributed by atoms with Gasteiger partial charge >= 0.3 is 11.4 Å². The van der Waals surface area contributed by atoms with E-state index in [2.05, 4.69) is 62.4 Å². The highest BCUT2D eigenvalue weighted by atomic mass is 16.6. The number of rotatable bonds is 3. The smallest absolute Gasteiger partial charge is 0.324 e. The number of fused-ring (bicyclic) bond motifs is 2. The maximum absolute atomic E-state index is 10.4. The lowest BCUT2D eigenvalue weighted by atomic mass is 9.93. The highest BCUT2D eigenvalue weighted by Crippen LogP contribution is 2.39. The van der Waals surface area contributed by atoms with E-state index in [4.69, 9.17) is 5.11 Å². The minimum absolute atomic E-state index is 0.447. The monoisotopic (exact) mass is 435 g/mol. The van der Waals surface area contributed by atoms with E-state index < -0.39 is 37.6 Å². The Morgan fingerprint density at radius 3 is 1.19 bits per heavy atom. The summed E-state index contributed by atoms with van der Waals surface area (Å²) in [5.41, 5.74) is -0.230. The molecule has 0 bridgehead atoms. The first-order valence-electron chi connectivity index (χ1n) is 9.30. The number of nitro groups is 3. The summed E-state index contributed by atoms with van der Waals surface area (Å²) in [5.74, 6) is -1.21. The Balaban J connectivity index is 0.000000181. The number of hydrogen-bond donors (Lipinski definition) is 1. The second kappa shape index (κ2) is 8.64. The van der Waals surface area contributed by atoms with E-state index in [0.717, 1.165) is 0 Å².